The van der Waals surface area contributed by atoms with Crippen LogP contribution in [0.2, 0.25) is 0 Å². The zero-order valence-electron chi connectivity index (χ0n) is 8.90. The van der Waals surface area contributed by atoms with Crippen LogP contribution in [0.15, 0.2) is 0 Å². The molecule has 78 valence electrons. The van der Waals surface area contributed by atoms with Gasteiger partial charge in [0.1, 0.15) is 5.82 Å². The number of hydrogen-bond acceptors (Lipinski definition) is 2. The highest BCUT2D eigenvalue weighted by molar-refractivity contribution is 5.17. The predicted molar refractivity (Wildman–Crippen MR) is 57.2 cm³/mol. The third-order valence-electron chi connectivity index (χ3n) is 2.72. The normalized spacial score (nSPS) is 15.5. The predicted octanol–water partition coefficient (Wildman–Crippen LogP) is 1.79. The lowest BCUT2D eigenvalue weighted by molar-refractivity contribution is 0.654. The van der Waals surface area contributed by atoms with Crippen molar-refractivity contribution in [1.29, 1.82) is 0 Å². The first-order valence-corrected chi connectivity index (χ1v) is 5.67. The van der Waals surface area contributed by atoms with Gasteiger partial charge in [0.15, 0.2) is 0 Å². The Kier molecular flexibility index (Phi) is 3.19. The lowest BCUT2D eigenvalue weighted by atomic mass is 10.0. The van der Waals surface area contributed by atoms with Gasteiger partial charge in [0, 0.05) is 5.69 Å². The SMILES string of the molecule is CCCNCc1nc2c([nH]1)CCCC2. The maximum atomic E-state index is 4.60. The van der Waals surface area contributed by atoms with Crippen molar-refractivity contribution in [1.82, 2.24) is 15.3 Å². The first-order valence-electron chi connectivity index (χ1n) is 5.67. The molecule has 0 bridgehead atoms. The van der Waals surface area contributed by atoms with E-state index in [2.05, 4.69) is 22.2 Å². The third kappa shape index (κ3) is 2.15. The number of aromatic nitrogens is 2. The molecule has 0 amide bonds. The maximum absolute atomic E-state index is 4.60. The Balaban J connectivity index is 1.94. The van der Waals surface area contributed by atoms with Crippen LogP contribution in [0.5, 0.6) is 0 Å². The zero-order chi connectivity index (χ0) is 9.80. The van der Waals surface area contributed by atoms with Crippen molar-refractivity contribution < 1.29 is 0 Å². The fourth-order valence-electron chi connectivity index (χ4n) is 1.98. The second-order valence-corrected chi connectivity index (χ2v) is 3.99. The molecule has 2 N–H and O–H groups in total. The van der Waals surface area contributed by atoms with Crippen molar-refractivity contribution in [3.8, 4) is 0 Å². The molecule has 1 heterocycles. The first-order chi connectivity index (χ1) is 6.90. The third-order valence-corrected chi connectivity index (χ3v) is 2.72. The summed E-state index contributed by atoms with van der Waals surface area (Å²) < 4.78 is 0. The van der Waals surface area contributed by atoms with Crippen LogP contribution in [0.1, 0.15) is 43.4 Å². The number of aromatic amines is 1. The smallest absolute Gasteiger partial charge is 0.120 e. The van der Waals surface area contributed by atoms with Crippen LogP contribution in [0.4, 0.5) is 0 Å². The number of rotatable bonds is 4. The minimum absolute atomic E-state index is 0.890. The number of fused-ring (bicyclic) bond motifs is 1. The van der Waals surface area contributed by atoms with Crippen molar-refractivity contribution in [2.45, 2.75) is 45.6 Å². The molecule has 3 heteroatoms. The fraction of sp³-hybridized carbons (Fsp3) is 0.727. The summed E-state index contributed by atoms with van der Waals surface area (Å²) in [6, 6.07) is 0. The van der Waals surface area contributed by atoms with Gasteiger partial charge in [-0.15, -0.1) is 0 Å². The van der Waals surface area contributed by atoms with Crippen molar-refractivity contribution in [2.24, 2.45) is 0 Å². The molecule has 14 heavy (non-hydrogen) atoms. The summed E-state index contributed by atoms with van der Waals surface area (Å²) in [6.45, 7) is 4.15. The van der Waals surface area contributed by atoms with Crippen molar-refractivity contribution >= 4 is 0 Å². The lowest BCUT2D eigenvalue weighted by Gasteiger charge is -2.07. The van der Waals surface area contributed by atoms with Crippen LogP contribution in [-0.4, -0.2) is 16.5 Å². The molecule has 1 aliphatic rings. The molecule has 0 radical (unpaired) electrons. The molecule has 0 spiro atoms. The molecule has 0 aromatic carbocycles. The quantitative estimate of drug-likeness (QED) is 0.716. The van der Waals surface area contributed by atoms with Gasteiger partial charge in [-0.05, 0) is 38.6 Å². The summed E-state index contributed by atoms with van der Waals surface area (Å²) in [4.78, 5) is 8.02. The number of nitrogens with one attached hydrogen (secondary N) is 2. The summed E-state index contributed by atoms with van der Waals surface area (Å²) in [7, 11) is 0. The number of H-pyrrole nitrogens is 1. The van der Waals surface area contributed by atoms with Crippen LogP contribution in [0.25, 0.3) is 0 Å². The summed E-state index contributed by atoms with van der Waals surface area (Å²) in [5.41, 5.74) is 2.69. The highest BCUT2D eigenvalue weighted by Crippen LogP contribution is 2.18. The van der Waals surface area contributed by atoms with Gasteiger partial charge in [0.25, 0.3) is 0 Å². The van der Waals surface area contributed by atoms with Gasteiger partial charge in [-0.2, -0.15) is 0 Å². The highest BCUT2D eigenvalue weighted by atomic mass is 15.0. The van der Waals surface area contributed by atoms with Crippen LogP contribution < -0.4 is 5.32 Å². The van der Waals surface area contributed by atoms with Gasteiger partial charge in [-0.1, -0.05) is 6.92 Å². The van der Waals surface area contributed by atoms with Gasteiger partial charge >= 0.3 is 0 Å². The maximum Gasteiger partial charge on any atom is 0.120 e. The zero-order valence-corrected chi connectivity index (χ0v) is 8.90. The van der Waals surface area contributed by atoms with E-state index in [1.165, 1.54) is 43.5 Å². The van der Waals surface area contributed by atoms with E-state index in [0.717, 1.165) is 18.9 Å². The molecule has 0 atom stereocenters. The van der Waals surface area contributed by atoms with Gasteiger partial charge in [-0.25, -0.2) is 4.98 Å². The standard InChI is InChI=1S/C11H19N3/c1-2-7-12-8-11-13-9-5-3-4-6-10(9)14-11/h12H,2-8H2,1H3,(H,13,14). The van der Waals surface area contributed by atoms with Gasteiger partial charge in [0.05, 0.1) is 12.2 Å². The number of imidazole rings is 1. The van der Waals surface area contributed by atoms with Crippen molar-refractivity contribution in [3.05, 3.63) is 17.2 Å². The minimum atomic E-state index is 0.890. The van der Waals surface area contributed by atoms with Crippen molar-refractivity contribution in [3.63, 3.8) is 0 Å². The molecule has 0 aliphatic heterocycles. The Morgan fingerprint density at radius 2 is 2.21 bits per heavy atom. The largest absolute Gasteiger partial charge is 0.345 e. The molecular formula is C11H19N3. The Bertz CT molecular complexity index is 267. The highest BCUT2D eigenvalue weighted by Gasteiger charge is 2.13. The van der Waals surface area contributed by atoms with E-state index in [1.807, 2.05) is 0 Å². The number of aryl methyl sites for hydroxylation is 2. The first kappa shape index (κ1) is 9.71. The molecule has 1 aromatic rings. The number of hydrogen-bond donors (Lipinski definition) is 2. The van der Waals surface area contributed by atoms with E-state index in [4.69, 9.17) is 0 Å². The molecular weight excluding hydrogens is 174 g/mol. The average Bonchev–Trinajstić information content (AvgIpc) is 2.60. The van der Waals surface area contributed by atoms with Crippen LogP contribution in [0, 0.1) is 0 Å². The topological polar surface area (TPSA) is 40.7 Å². The molecule has 0 saturated heterocycles. The van der Waals surface area contributed by atoms with E-state index in [0.29, 0.717) is 0 Å². The summed E-state index contributed by atoms with van der Waals surface area (Å²) in [6.07, 6.45) is 6.16. The number of nitrogens with zero attached hydrogens (tertiary/aromatic N) is 1. The monoisotopic (exact) mass is 193 g/mol. The van der Waals surface area contributed by atoms with E-state index >= 15 is 0 Å². The second kappa shape index (κ2) is 4.60. The molecule has 0 unspecified atom stereocenters. The Hall–Kier alpha value is -0.830. The van der Waals surface area contributed by atoms with E-state index in [9.17, 15) is 0 Å². The molecule has 2 rings (SSSR count). The fourth-order valence-corrected chi connectivity index (χ4v) is 1.98. The minimum Gasteiger partial charge on any atom is -0.345 e. The van der Waals surface area contributed by atoms with Crippen LogP contribution >= 0.6 is 0 Å². The Morgan fingerprint density at radius 3 is 3.00 bits per heavy atom. The van der Waals surface area contributed by atoms with Gasteiger partial charge in [0.2, 0.25) is 0 Å². The van der Waals surface area contributed by atoms with Gasteiger partial charge < -0.3 is 10.3 Å². The average molecular weight is 193 g/mol. The molecule has 0 fully saturated rings. The molecule has 1 aromatic heterocycles. The summed E-state index contributed by atoms with van der Waals surface area (Å²) >= 11 is 0. The van der Waals surface area contributed by atoms with Crippen LogP contribution in [-0.2, 0) is 19.4 Å². The Labute approximate surface area is 85.3 Å². The van der Waals surface area contributed by atoms with Gasteiger partial charge in [-0.3, -0.25) is 0 Å². The lowest BCUT2D eigenvalue weighted by Crippen LogP contribution is -2.14. The summed E-state index contributed by atoms with van der Waals surface area (Å²) in [5.74, 6) is 1.12. The second-order valence-electron chi connectivity index (χ2n) is 3.99. The Morgan fingerprint density at radius 1 is 1.36 bits per heavy atom. The van der Waals surface area contributed by atoms with E-state index in [1.54, 1.807) is 0 Å². The van der Waals surface area contributed by atoms with Crippen LogP contribution in [0.3, 0.4) is 0 Å². The van der Waals surface area contributed by atoms with Crippen molar-refractivity contribution in [2.75, 3.05) is 6.54 Å². The molecule has 0 saturated carbocycles. The van der Waals surface area contributed by atoms with E-state index < -0.39 is 0 Å². The molecule has 3 nitrogen and oxygen atoms in total. The molecule has 1 aliphatic carbocycles. The van der Waals surface area contributed by atoms with E-state index in [-0.39, 0.29) is 0 Å². The summed E-state index contributed by atoms with van der Waals surface area (Å²) in [5, 5.41) is 3.37.